The maximum absolute atomic E-state index is 12.8. The highest BCUT2D eigenvalue weighted by atomic mass is 16.2. The van der Waals surface area contributed by atoms with Gasteiger partial charge in [0, 0.05) is 20.1 Å². The summed E-state index contributed by atoms with van der Waals surface area (Å²) in [5.41, 5.74) is 8.05. The molecule has 1 fully saturated rings. The lowest BCUT2D eigenvalue weighted by molar-refractivity contribution is -0.142. The topological polar surface area (TPSA) is 46.3 Å². The second-order valence-electron chi connectivity index (χ2n) is 6.20. The summed E-state index contributed by atoms with van der Waals surface area (Å²) in [7, 11) is 1.90. The summed E-state index contributed by atoms with van der Waals surface area (Å²) >= 11 is 0. The third kappa shape index (κ3) is 3.21. The molecule has 0 aliphatic heterocycles. The van der Waals surface area contributed by atoms with E-state index in [1.165, 1.54) is 17.5 Å². The van der Waals surface area contributed by atoms with Crippen LogP contribution in [0.3, 0.4) is 0 Å². The molecule has 0 aromatic heterocycles. The molecule has 3 nitrogen and oxygen atoms in total. The zero-order valence-corrected chi connectivity index (χ0v) is 12.7. The molecule has 2 N–H and O–H groups in total. The lowest BCUT2D eigenvalue weighted by Crippen LogP contribution is -2.47. The monoisotopic (exact) mass is 274 g/mol. The maximum Gasteiger partial charge on any atom is 0.230 e. The van der Waals surface area contributed by atoms with Gasteiger partial charge in [-0.1, -0.05) is 49.1 Å². The van der Waals surface area contributed by atoms with E-state index >= 15 is 0 Å². The van der Waals surface area contributed by atoms with Crippen LogP contribution < -0.4 is 5.73 Å². The fourth-order valence-electron chi connectivity index (χ4n) is 3.29. The molecule has 1 aliphatic carbocycles. The quantitative estimate of drug-likeness (QED) is 0.917. The van der Waals surface area contributed by atoms with Gasteiger partial charge in [-0.3, -0.25) is 4.79 Å². The molecule has 2 rings (SSSR count). The van der Waals surface area contributed by atoms with E-state index in [0.717, 1.165) is 25.7 Å². The SMILES string of the molecule is Cc1cccc(CN(C)C(=O)C2(CN)CCCCC2)c1. The zero-order valence-electron chi connectivity index (χ0n) is 12.7. The summed E-state index contributed by atoms with van der Waals surface area (Å²) in [5, 5.41) is 0. The normalized spacial score (nSPS) is 17.8. The van der Waals surface area contributed by atoms with Crippen molar-refractivity contribution >= 4 is 5.91 Å². The summed E-state index contributed by atoms with van der Waals surface area (Å²) in [5.74, 6) is 0.223. The van der Waals surface area contributed by atoms with Crippen molar-refractivity contribution in [1.29, 1.82) is 0 Å². The van der Waals surface area contributed by atoms with Crippen molar-refractivity contribution in [1.82, 2.24) is 4.90 Å². The molecule has 0 spiro atoms. The number of aryl methyl sites for hydroxylation is 1. The van der Waals surface area contributed by atoms with E-state index in [9.17, 15) is 4.79 Å². The van der Waals surface area contributed by atoms with Crippen LogP contribution in [0.1, 0.15) is 43.2 Å². The number of benzene rings is 1. The molecule has 1 amide bonds. The van der Waals surface area contributed by atoms with Gasteiger partial charge in [0.25, 0.3) is 0 Å². The number of hydrogen-bond acceptors (Lipinski definition) is 2. The Balaban J connectivity index is 2.07. The van der Waals surface area contributed by atoms with Gasteiger partial charge in [0.05, 0.1) is 5.41 Å². The standard InChI is InChI=1S/C17H26N2O/c1-14-7-6-8-15(11-14)12-19(2)16(20)17(13-18)9-4-3-5-10-17/h6-8,11H,3-5,9-10,12-13,18H2,1-2H3. The minimum atomic E-state index is -0.309. The van der Waals surface area contributed by atoms with Crippen LogP contribution in [0, 0.1) is 12.3 Å². The molecule has 20 heavy (non-hydrogen) atoms. The molecule has 0 heterocycles. The van der Waals surface area contributed by atoms with Gasteiger partial charge in [-0.25, -0.2) is 0 Å². The van der Waals surface area contributed by atoms with Gasteiger partial charge in [0.1, 0.15) is 0 Å². The Morgan fingerprint density at radius 2 is 2.00 bits per heavy atom. The first-order valence-electron chi connectivity index (χ1n) is 7.59. The number of carbonyl (C=O) groups excluding carboxylic acids is 1. The van der Waals surface area contributed by atoms with E-state index < -0.39 is 0 Å². The highest BCUT2D eigenvalue weighted by molar-refractivity contribution is 5.83. The molecule has 1 aromatic rings. The Morgan fingerprint density at radius 3 is 2.60 bits per heavy atom. The Bertz CT molecular complexity index is 464. The van der Waals surface area contributed by atoms with E-state index in [4.69, 9.17) is 5.73 Å². The van der Waals surface area contributed by atoms with Crippen LogP contribution >= 0.6 is 0 Å². The third-order valence-electron chi connectivity index (χ3n) is 4.50. The lowest BCUT2D eigenvalue weighted by Gasteiger charge is -2.37. The Morgan fingerprint density at radius 1 is 1.30 bits per heavy atom. The smallest absolute Gasteiger partial charge is 0.230 e. The number of hydrogen-bond donors (Lipinski definition) is 1. The molecule has 0 unspecified atom stereocenters. The van der Waals surface area contributed by atoms with Gasteiger partial charge in [-0.15, -0.1) is 0 Å². The first-order chi connectivity index (χ1) is 9.57. The lowest BCUT2D eigenvalue weighted by atomic mass is 9.73. The minimum absolute atomic E-state index is 0.223. The van der Waals surface area contributed by atoms with E-state index in [2.05, 4.69) is 25.1 Å². The molecule has 0 radical (unpaired) electrons. The second kappa shape index (κ2) is 6.40. The van der Waals surface area contributed by atoms with Crippen LogP contribution in [0.2, 0.25) is 0 Å². The molecule has 0 bridgehead atoms. The molecule has 0 atom stereocenters. The Hall–Kier alpha value is -1.35. The molecule has 3 heteroatoms. The van der Waals surface area contributed by atoms with Crippen LogP contribution in [0.5, 0.6) is 0 Å². The predicted octanol–water partition coefficient (Wildman–Crippen LogP) is 2.86. The van der Waals surface area contributed by atoms with Crippen molar-refractivity contribution in [2.45, 2.75) is 45.6 Å². The van der Waals surface area contributed by atoms with Crippen molar-refractivity contribution < 1.29 is 4.79 Å². The largest absolute Gasteiger partial charge is 0.341 e. The number of amides is 1. The summed E-state index contributed by atoms with van der Waals surface area (Å²) in [6.45, 7) is 3.22. The Kier molecular flexibility index (Phi) is 4.81. The van der Waals surface area contributed by atoms with Crippen molar-refractivity contribution in [2.75, 3.05) is 13.6 Å². The highest BCUT2D eigenvalue weighted by Gasteiger charge is 2.39. The van der Waals surface area contributed by atoms with Crippen molar-refractivity contribution in [3.8, 4) is 0 Å². The van der Waals surface area contributed by atoms with E-state index in [1.807, 2.05) is 18.0 Å². The highest BCUT2D eigenvalue weighted by Crippen LogP contribution is 2.37. The van der Waals surface area contributed by atoms with Gasteiger partial charge in [-0.05, 0) is 25.3 Å². The first-order valence-corrected chi connectivity index (χ1v) is 7.59. The van der Waals surface area contributed by atoms with Crippen LogP contribution in [0.15, 0.2) is 24.3 Å². The van der Waals surface area contributed by atoms with E-state index in [-0.39, 0.29) is 11.3 Å². The zero-order chi connectivity index (χ0) is 14.6. The summed E-state index contributed by atoms with van der Waals surface area (Å²) in [4.78, 5) is 14.6. The third-order valence-corrected chi connectivity index (χ3v) is 4.50. The maximum atomic E-state index is 12.8. The van der Waals surface area contributed by atoms with Crippen LogP contribution in [0.4, 0.5) is 0 Å². The minimum Gasteiger partial charge on any atom is -0.341 e. The average Bonchev–Trinajstić information content (AvgIpc) is 2.47. The molecular weight excluding hydrogens is 248 g/mol. The molecule has 0 saturated heterocycles. The molecule has 1 aliphatic rings. The van der Waals surface area contributed by atoms with Gasteiger partial charge < -0.3 is 10.6 Å². The second-order valence-corrected chi connectivity index (χ2v) is 6.20. The van der Waals surface area contributed by atoms with Gasteiger partial charge in [0.15, 0.2) is 0 Å². The van der Waals surface area contributed by atoms with Gasteiger partial charge >= 0.3 is 0 Å². The number of nitrogens with two attached hydrogens (primary N) is 1. The van der Waals surface area contributed by atoms with Gasteiger partial charge in [0.2, 0.25) is 5.91 Å². The average molecular weight is 274 g/mol. The van der Waals surface area contributed by atoms with Crippen LogP contribution in [0.25, 0.3) is 0 Å². The van der Waals surface area contributed by atoms with Crippen molar-refractivity contribution in [2.24, 2.45) is 11.1 Å². The van der Waals surface area contributed by atoms with Crippen LogP contribution in [-0.2, 0) is 11.3 Å². The van der Waals surface area contributed by atoms with Crippen molar-refractivity contribution in [3.63, 3.8) is 0 Å². The summed E-state index contributed by atoms with van der Waals surface area (Å²) < 4.78 is 0. The van der Waals surface area contributed by atoms with Gasteiger partial charge in [-0.2, -0.15) is 0 Å². The van der Waals surface area contributed by atoms with Crippen molar-refractivity contribution in [3.05, 3.63) is 35.4 Å². The molecule has 1 saturated carbocycles. The fourth-order valence-corrected chi connectivity index (χ4v) is 3.29. The fraction of sp³-hybridized carbons (Fsp3) is 0.588. The van der Waals surface area contributed by atoms with E-state index in [1.54, 1.807) is 0 Å². The number of carbonyl (C=O) groups is 1. The summed E-state index contributed by atoms with van der Waals surface area (Å²) in [6.07, 6.45) is 5.38. The Labute approximate surface area is 122 Å². The molecule has 1 aromatic carbocycles. The number of rotatable bonds is 4. The van der Waals surface area contributed by atoms with E-state index in [0.29, 0.717) is 13.1 Å². The summed E-state index contributed by atoms with van der Waals surface area (Å²) in [6, 6.07) is 8.34. The number of nitrogens with zero attached hydrogens (tertiary/aromatic N) is 1. The predicted molar refractivity (Wildman–Crippen MR) is 82.2 cm³/mol. The first kappa shape index (κ1) is 15.0. The van der Waals surface area contributed by atoms with Crippen LogP contribution in [-0.4, -0.2) is 24.4 Å². The molecule has 110 valence electrons. The molecular formula is C17H26N2O.